The predicted octanol–water partition coefficient (Wildman–Crippen LogP) is 5.68. The van der Waals surface area contributed by atoms with Gasteiger partial charge in [-0.05, 0) is 73.4 Å². The van der Waals surface area contributed by atoms with Crippen molar-refractivity contribution in [1.29, 1.82) is 0 Å². The molecule has 33 heavy (non-hydrogen) atoms. The van der Waals surface area contributed by atoms with Gasteiger partial charge in [0.2, 0.25) is 0 Å². The van der Waals surface area contributed by atoms with Crippen molar-refractivity contribution in [2.24, 2.45) is 0 Å². The number of carbonyl (C=O) groups is 1. The zero-order chi connectivity index (χ0) is 23.2. The second-order valence-corrected chi connectivity index (χ2v) is 9.71. The maximum Gasteiger partial charge on any atom is 0.261 e. The zero-order valence-corrected chi connectivity index (χ0v) is 19.8. The summed E-state index contributed by atoms with van der Waals surface area (Å²) in [6, 6.07) is 18.7. The van der Waals surface area contributed by atoms with Gasteiger partial charge in [-0.3, -0.25) is 9.69 Å². The first kappa shape index (κ1) is 23.2. The number of hydrogen-bond acceptors (Lipinski definition) is 4. The Morgan fingerprint density at radius 1 is 1.18 bits per heavy atom. The van der Waals surface area contributed by atoms with Crippen LogP contribution >= 0.6 is 11.3 Å². The van der Waals surface area contributed by atoms with Crippen LogP contribution in [0.2, 0.25) is 0 Å². The highest BCUT2D eigenvalue weighted by Crippen LogP contribution is 2.24. The average Bonchev–Trinajstić information content (AvgIpc) is 3.25. The van der Waals surface area contributed by atoms with E-state index in [4.69, 9.17) is 4.74 Å². The van der Waals surface area contributed by atoms with Crippen molar-refractivity contribution in [2.75, 3.05) is 19.6 Å². The van der Waals surface area contributed by atoms with Crippen molar-refractivity contribution >= 4 is 22.8 Å². The minimum atomic E-state index is -0.201. The molecular formula is C27H29FN2O2S. The second kappa shape index (κ2) is 10.8. The van der Waals surface area contributed by atoms with Gasteiger partial charge >= 0.3 is 0 Å². The molecule has 4 rings (SSSR count). The Labute approximate surface area is 198 Å². The number of hydrogen-bond donors (Lipinski definition) is 1. The number of thiophene rings is 1. The van der Waals surface area contributed by atoms with Crippen molar-refractivity contribution in [3.05, 3.63) is 93.4 Å². The van der Waals surface area contributed by atoms with Gasteiger partial charge in [-0.15, -0.1) is 11.3 Å². The molecule has 0 fully saturated rings. The van der Waals surface area contributed by atoms with Crippen molar-refractivity contribution in [3.63, 3.8) is 0 Å². The number of rotatable bonds is 8. The Kier molecular flexibility index (Phi) is 7.57. The normalized spacial score (nSPS) is 15.1. The molecule has 4 nitrogen and oxygen atoms in total. The molecule has 0 saturated carbocycles. The van der Waals surface area contributed by atoms with Gasteiger partial charge in [-0.2, -0.15) is 0 Å². The SMILES string of the molecule is Cc1ccc(C(=O)NCC(C)Oc2cccc(CN3CC=C(c4ccc(F)cc4)CC3)c2)s1. The van der Waals surface area contributed by atoms with Crippen LogP contribution in [-0.4, -0.2) is 36.5 Å². The van der Waals surface area contributed by atoms with Gasteiger partial charge in [0.15, 0.2) is 0 Å². The van der Waals surface area contributed by atoms with Crippen molar-refractivity contribution in [1.82, 2.24) is 10.2 Å². The number of nitrogens with one attached hydrogen (secondary N) is 1. The fraction of sp³-hybridized carbons (Fsp3) is 0.296. The highest BCUT2D eigenvalue weighted by atomic mass is 32.1. The molecule has 0 bridgehead atoms. The van der Waals surface area contributed by atoms with Crippen LogP contribution in [0.15, 0.2) is 66.7 Å². The molecule has 2 heterocycles. The fourth-order valence-electron chi connectivity index (χ4n) is 3.91. The first-order valence-electron chi connectivity index (χ1n) is 11.2. The topological polar surface area (TPSA) is 41.6 Å². The third-order valence-electron chi connectivity index (χ3n) is 5.66. The molecule has 1 aromatic heterocycles. The van der Waals surface area contributed by atoms with Gasteiger partial charge in [0.05, 0.1) is 11.4 Å². The third kappa shape index (κ3) is 6.53. The molecule has 0 radical (unpaired) electrons. The Morgan fingerprint density at radius 2 is 2.00 bits per heavy atom. The Hall–Kier alpha value is -2.96. The molecule has 1 amide bonds. The molecule has 1 aliphatic heterocycles. The van der Waals surface area contributed by atoms with Crippen molar-refractivity contribution in [3.8, 4) is 5.75 Å². The summed E-state index contributed by atoms with van der Waals surface area (Å²) in [5, 5.41) is 2.94. The summed E-state index contributed by atoms with van der Waals surface area (Å²) in [6.07, 6.45) is 3.04. The monoisotopic (exact) mass is 464 g/mol. The summed E-state index contributed by atoms with van der Waals surface area (Å²) in [5.41, 5.74) is 3.56. The molecular weight excluding hydrogens is 435 g/mol. The fourth-order valence-corrected chi connectivity index (χ4v) is 4.69. The lowest BCUT2D eigenvalue weighted by atomic mass is 9.99. The molecule has 1 aliphatic rings. The lowest BCUT2D eigenvalue weighted by Crippen LogP contribution is -2.33. The number of aryl methyl sites for hydroxylation is 1. The smallest absolute Gasteiger partial charge is 0.261 e. The molecule has 6 heteroatoms. The van der Waals surface area contributed by atoms with Crippen LogP contribution in [0, 0.1) is 12.7 Å². The van der Waals surface area contributed by atoms with E-state index in [1.54, 1.807) is 0 Å². The number of amides is 1. The van der Waals surface area contributed by atoms with Crippen LogP contribution in [-0.2, 0) is 6.54 Å². The van der Waals surface area contributed by atoms with E-state index in [-0.39, 0.29) is 17.8 Å². The van der Waals surface area contributed by atoms with E-state index in [2.05, 4.69) is 28.4 Å². The van der Waals surface area contributed by atoms with E-state index in [0.717, 1.165) is 47.1 Å². The Balaban J connectivity index is 1.27. The summed E-state index contributed by atoms with van der Waals surface area (Å²) in [6.45, 7) is 7.06. The van der Waals surface area contributed by atoms with E-state index >= 15 is 0 Å². The van der Waals surface area contributed by atoms with E-state index in [0.29, 0.717) is 6.54 Å². The van der Waals surface area contributed by atoms with Gasteiger partial charge in [0.25, 0.3) is 5.91 Å². The predicted molar refractivity (Wildman–Crippen MR) is 132 cm³/mol. The van der Waals surface area contributed by atoms with Gasteiger partial charge in [0, 0.05) is 24.5 Å². The van der Waals surface area contributed by atoms with Gasteiger partial charge in [-0.1, -0.05) is 30.3 Å². The van der Waals surface area contributed by atoms with Crippen LogP contribution < -0.4 is 10.1 Å². The summed E-state index contributed by atoms with van der Waals surface area (Å²) in [5.74, 6) is 0.546. The zero-order valence-electron chi connectivity index (χ0n) is 19.0. The minimum Gasteiger partial charge on any atom is -0.489 e. The Morgan fingerprint density at radius 3 is 2.70 bits per heavy atom. The van der Waals surface area contributed by atoms with E-state index in [9.17, 15) is 9.18 Å². The van der Waals surface area contributed by atoms with Crippen LogP contribution in [0.5, 0.6) is 5.75 Å². The molecule has 1 unspecified atom stereocenters. The highest BCUT2D eigenvalue weighted by Gasteiger charge is 2.15. The number of halogens is 1. The second-order valence-electron chi connectivity index (χ2n) is 8.42. The van der Waals surface area contributed by atoms with Crippen LogP contribution in [0.25, 0.3) is 5.57 Å². The van der Waals surface area contributed by atoms with E-state index in [1.165, 1.54) is 34.6 Å². The lowest BCUT2D eigenvalue weighted by molar-refractivity contribution is 0.0936. The van der Waals surface area contributed by atoms with E-state index in [1.807, 2.05) is 50.2 Å². The maximum atomic E-state index is 13.2. The van der Waals surface area contributed by atoms with Crippen LogP contribution in [0.4, 0.5) is 4.39 Å². The maximum absolute atomic E-state index is 13.2. The molecule has 1 N–H and O–H groups in total. The third-order valence-corrected chi connectivity index (χ3v) is 6.66. The molecule has 0 saturated heterocycles. The van der Waals surface area contributed by atoms with Gasteiger partial charge in [0.1, 0.15) is 17.7 Å². The average molecular weight is 465 g/mol. The minimum absolute atomic E-state index is 0.0598. The molecule has 0 aliphatic carbocycles. The standard InChI is InChI=1S/C27H29FN2O2S/c1-19(17-29-27(31)26-11-6-20(2)33-26)32-25-5-3-4-21(16-25)18-30-14-12-23(13-15-30)22-7-9-24(28)10-8-22/h3-12,16,19H,13-15,17-18H2,1-2H3,(H,29,31). The number of benzene rings is 2. The quantitative estimate of drug-likeness (QED) is 0.466. The first-order chi connectivity index (χ1) is 16.0. The molecule has 0 spiro atoms. The molecule has 1 atom stereocenters. The van der Waals surface area contributed by atoms with Crippen LogP contribution in [0.3, 0.4) is 0 Å². The van der Waals surface area contributed by atoms with E-state index < -0.39 is 0 Å². The van der Waals surface area contributed by atoms with Crippen LogP contribution in [0.1, 0.15) is 39.0 Å². The molecule has 172 valence electrons. The van der Waals surface area contributed by atoms with Crippen molar-refractivity contribution in [2.45, 2.75) is 32.9 Å². The number of nitrogens with zero attached hydrogens (tertiary/aromatic N) is 1. The lowest BCUT2D eigenvalue weighted by Gasteiger charge is -2.26. The number of carbonyl (C=O) groups excluding carboxylic acids is 1. The summed E-state index contributed by atoms with van der Waals surface area (Å²) in [4.78, 5) is 16.5. The van der Waals surface area contributed by atoms with Gasteiger partial charge in [-0.25, -0.2) is 4.39 Å². The molecule has 2 aromatic carbocycles. The summed E-state index contributed by atoms with van der Waals surface area (Å²) < 4.78 is 19.2. The summed E-state index contributed by atoms with van der Waals surface area (Å²) >= 11 is 1.49. The largest absolute Gasteiger partial charge is 0.489 e. The molecule has 3 aromatic rings. The highest BCUT2D eigenvalue weighted by molar-refractivity contribution is 7.13. The Bertz CT molecular complexity index is 1120. The van der Waals surface area contributed by atoms with Crippen molar-refractivity contribution < 1.29 is 13.9 Å². The summed E-state index contributed by atoms with van der Waals surface area (Å²) in [7, 11) is 0. The van der Waals surface area contributed by atoms with Gasteiger partial charge < -0.3 is 10.1 Å². The first-order valence-corrected chi connectivity index (χ1v) is 12.1. The number of ether oxygens (including phenoxy) is 1.